The molecule has 1 aromatic rings. The van der Waals surface area contributed by atoms with Crippen molar-refractivity contribution in [3.8, 4) is 0 Å². The molecule has 6 nitrogen and oxygen atoms in total. The summed E-state index contributed by atoms with van der Waals surface area (Å²) >= 11 is 0. The highest BCUT2D eigenvalue weighted by Crippen LogP contribution is 2.22. The Morgan fingerprint density at radius 2 is 2.08 bits per heavy atom. The van der Waals surface area contributed by atoms with E-state index in [1.165, 1.54) is 5.56 Å². The van der Waals surface area contributed by atoms with Crippen molar-refractivity contribution in [2.24, 2.45) is 10.7 Å². The molecule has 0 spiro atoms. The Morgan fingerprint density at radius 3 is 2.77 bits per heavy atom. The molecule has 2 fully saturated rings. The molecule has 0 amide bonds. The van der Waals surface area contributed by atoms with Gasteiger partial charge in [-0.05, 0) is 37.7 Å². The summed E-state index contributed by atoms with van der Waals surface area (Å²) in [5.74, 6) is 0.492. The Balaban J connectivity index is 1.35. The maximum Gasteiger partial charge on any atom is 0.188 e. The average molecular weight is 361 g/mol. The monoisotopic (exact) mass is 360 g/mol. The molecule has 0 aromatic heterocycles. The third-order valence-corrected chi connectivity index (χ3v) is 5.35. The standard InChI is InChI=1S/C20H32N4O2/c21-19(22-11-10-20(25)9-4-14-26-16-20)23-18-7-12-24(13-8-18)15-17-5-2-1-3-6-17/h1-3,5-6,18,25H,4,7-16H2,(H3,21,22,23). The highest BCUT2D eigenvalue weighted by atomic mass is 16.5. The van der Waals surface area contributed by atoms with E-state index < -0.39 is 5.60 Å². The molecular weight excluding hydrogens is 328 g/mol. The average Bonchev–Trinajstić information content (AvgIpc) is 2.65. The zero-order valence-electron chi connectivity index (χ0n) is 15.6. The lowest BCUT2D eigenvalue weighted by molar-refractivity contribution is -0.0880. The van der Waals surface area contributed by atoms with E-state index in [0.29, 0.717) is 31.6 Å². The molecule has 3 rings (SSSR count). The number of nitrogens with two attached hydrogens (primary N) is 1. The molecule has 2 aliphatic rings. The Hall–Kier alpha value is -1.63. The number of piperidine rings is 1. The summed E-state index contributed by atoms with van der Waals surface area (Å²) in [5.41, 5.74) is 6.67. The Bertz CT molecular complexity index is 564. The van der Waals surface area contributed by atoms with Gasteiger partial charge in [-0.25, -0.2) is 0 Å². The molecule has 4 N–H and O–H groups in total. The van der Waals surface area contributed by atoms with Crippen LogP contribution in [0.5, 0.6) is 0 Å². The van der Waals surface area contributed by atoms with E-state index in [4.69, 9.17) is 10.5 Å². The second kappa shape index (κ2) is 9.35. The van der Waals surface area contributed by atoms with Crippen molar-refractivity contribution >= 4 is 5.96 Å². The number of likely N-dealkylation sites (tertiary alicyclic amines) is 1. The maximum atomic E-state index is 10.4. The summed E-state index contributed by atoms with van der Waals surface area (Å²) in [6.07, 6.45) is 4.44. The second-order valence-electron chi connectivity index (χ2n) is 7.58. The maximum absolute atomic E-state index is 10.4. The fourth-order valence-electron chi connectivity index (χ4n) is 3.75. The predicted octanol–water partition coefficient (Wildman–Crippen LogP) is 1.49. The van der Waals surface area contributed by atoms with E-state index in [0.717, 1.165) is 51.9 Å². The summed E-state index contributed by atoms with van der Waals surface area (Å²) in [6, 6.07) is 11.0. The normalized spacial score (nSPS) is 26.0. The van der Waals surface area contributed by atoms with Crippen LogP contribution >= 0.6 is 0 Å². The minimum atomic E-state index is -0.731. The second-order valence-corrected chi connectivity index (χ2v) is 7.58. The van der Waals surface area contributed by atoms with E-state index in [1.807, 2.05) is 0 Å². The number of nitrogens with one attached hydrogen (secondary N) is 1. The van der Waals surface area contributed by atoms with Crippen LogP contribution in [0.1, 0.15) is 37.7 Å². The number of hydrogen-bond acceptors (Lipinski definition) is 4. The topological polar surface area (TPSA) is 83.1 Å². The Morgan fingerprint density at radius 1 is 1.31 bits per heavy atom. The minimum absolute atomic E-state index is 0.381. The molecule has 2 saturated heterocycles. The van der Waals surface area contributed by atoms with Gasteiger partial charge in [-0.3, -0.25) is 9.89 Å². The fourth-order valence-corrected chi connectivity index (χ4v) is 3.75. The van der Waals surface area contributed by atoms with Gasteiger partial charge in [0.2, 0.25) is 0 Å². The first-order chi connectivity index (χ1) is 12.6. The Kier molecular flexibility index (Phi) is 6.88. The summed E-state index contributed by atoms with van der Waals surface area (Å²) < 4.78 is 5.37. The Labute approximate surface area is 156 Å². The number of guanidine groups is 1. The molecule has 2 heterocycles. The third kappa shape index (κ3) is 5.97. The molecule has 1 aromatic carbocycles. The van der Waals surface area contributed by atoms with Crippen molar-refractivity contribution < 1.29 is 9.84 Å². The van der Waals surface area contributed by atoms with Gasteiger partial charge >= 0.3 is 0 Å². The van der Waals surface area contributed by atoms with Crippen LogP contribution in [0.15, 0.2) is 35.3 Å². The summed E-state index contributed by atoms with van der Waals surface area (Å²) in [6.45, 7) is 4.84. The van der Waals surface area contributed by atoms with Crippen molar-refractivity contribution in [2.75, 3.05) is 32.8 Å². The van der Waals surface area contributed by atoms with E-state index in [1.54, 1.807) is 0 Å². The molecule has 0 bridgehead atoms. The van der Waals surface area contributed by atoms with E-state index in [9.17, 15) is 5.11 Å². The van der Waals surface area contributed by atoms with Crippen molar-refractivity contribution in [3.63, 3.8) is 0 Å². The quantitative estimate of drug-likeness (QED) is 0.529. The van der Waals surface area contributed by atoms with Crippen LogP contribution in [0.3, 0.4) is 0 Å². The molecule has 1 atom stereocenters. The van der Waals surface area contributed by atoms with Gasteiger partial charge in [0.15, 0.2) is 5.96 Å². The van der Waals surface area contributed by atoms with E-state index in [2.05, 4.69) is 45.5 Å². The van der Waals surface area contributed by atoms with Gasteiger partial charge in [-0.15, -0.1) is 0 Å². The van der Waals surface area contributed by atoms with E-state index >= 15 is 0 Å². The van der Waals surface area contributed by atoms with E-state index in [-0.39, 0.29) is 0 Å². The number of ether oxygens (including phenoxy) is 1. The molecular formula is C20H32N4O2. The minimum Gasteiger partial charge on any atom is -0.387 e. The van der Waals surface area contributed by atoms with Gasteiger partial charge in [0, 0.05) is 38.8 Å². The summed E-state index contributed by atoms with van der Waals surface area (Å²) in [7, 11) is 0. The largest absolute Gasteiger partial charge is 0.387 e. The lowest BCUT2D eigenvalue weighted by atomic mass is 9.93. The van der Waals surface area contributed by atoms with Crippen LogP contribution in [-0.4, -0.2) is 60.5 Å². The number of hydrogen-bond donors (Lipinski definition) is 3. The SMILES string of the molecule is NC(=NCCC1(O)CCCOC1)NC1CCN(Cc2ccccc2)CC1. The van der Waals surface area contributed by atoms with Gasteiger partial charge in [-0.1, -0.05) is 30.3 Å². The van der Waals surface area contributed by atoms with Gasteiger partial charge < -0.3 is 20.9 Å². The predicted molar refractivity (Wildman–Crippen MR) is 104 cm³/mol. The van der Waals surface area contributed by atoms with Crippen LogP contribution < -0.4 is 11.1 Å². The highest BCUT2D eigenvalue weighted by Gasteiger charge is 2.29. The van der Waals surface area contributed by atoms with Crippen LogP contribution in [-0.2, 0) is 11.3 Å². The zero-order chi connectivity index (χ0) is 18.2. The van der Waals surface area contributed by atoms with Crippen LogP contribution in [0, 0.1) is 0 Å². The molecule has 26 heavy (non-hydrogen) atoms. The van der Waals surface area contributed by atoms with Crippen molar-refractivity contribution in [3.05, 3.63) is 35.9 Å². The van der Waals surface area contributed by atoms with Crippen LogP contribution in [0.25, 0.3) is 0 Å². The van der Waals surface area contributed by atoms with Gasteiger partial charge in [0.25, 0.3) is 0 Å². The molecule has 6 heteroatoms. The third-order valence-electron chi connectivity index (χ3n) is 5.35. The first-order valence-electron chi connectivity index (χ1n) is 9.76. The number of rotatable bonds is 6. The smallest absolute Gasteiger partial charge is 0.188 e. The molecule has 0 aliphatic carbocycles. The number of benzene rings is 1. The molecule has 1 unspecified atom stereocenters. The molecule has 2 aliphatic heterocycles. The number of aliphatic hydroxyl groups is 1. The molecule has 0 saturated carbocycles. The van der Waals surface area contributed by atoms with Gasteiger partial charge in [0.1, 0.15) is 0 Å². The highest BCUT2D eigenvalue weighted by molar-refractivity contribution is 5.78. The summed E-state index contributed by atoms with van der Waals surface area (Å²) in [5, 5.41) is 13.7. The van der Waals surface area contributed by atoms with Crippen molar-refractivity contribution in [1.29, 1.82) is 0 Å². The lowest BCUT2D eigenvalue weighted by Gasteiger charge is -2.33. The molecule has 0 radical (unpaired) electrons. The zero-order valence-corrected chi connectivity index (χ0v) is 15.6. The van der Waals surface area contributed by atoms with Crippen LogP contribution in [0.2, 0.25) is 0 Å². The first kappa shape index (κ1) is 19.1. The first-order valence-corrected chi connectivity index (χ1v) is 9.76. The van der Waals surface area contributed by atoms with Crippen LogP contribution in [0.4, 0.5) is 0 Å². The molecule has 144 valence electrons. The van der Waals surface area contributed by atoms with Crippen molar-refractivity contribution in [2.45, 2.75) is 50.3 Å². The number of nitrogens with zero attached hydrogens (tertiary/aromatic N) is 2. The summed E-state index contributed by atoms with van der Waals surface area (Å²) in [4.78, 5) is 6.88. The van der Waals surface area contributed by atoms with Gasteiger partial charge in [-0.2, -0.15) is 0 Å². The van der Waals surface area contributed by atoms with Crippen molar-refractivity contribution in [1.82, 2.24) is 10.2 Å². The number of aliphatic imine (C=N–C) groups is 1. The fraction of sp³-hybridized carbons (Fsp3) is 0.650. The van der Waals surface area contributed by atoms with Gasteiger partial charge in [0.05, 0.1) is 12.2 Å². The lowest BCUT2D eigenvalue weighted by Crippen LogP contribution is -2.47.